The average Bonchev–Trinajstić information content (AvgIpc) is 2.72. The summed E-state index contributed by atoms with van der Waals surface area (Å²) < 4.78 is 11.2. The van der Waals surface area contributed by atoms with Gasteiger partial charge in [-0.05, 0) is 44.2 Å². The minimum atomic E-state index is 0.00410. The molecule has 1 aliphatic rings. The Morgan fingerprint density at radius 2 is 1.55 bits per heavy atom. The van der Waals surface area contributed by atoms with Crippen molar-refractivity contribution in [2.24, 2.45) is 0 Å². The van der Waals surface area contributed by atoms with E-state index in [-0.39, 0.29) is 5.91 Å². The molecule has 0 saturated carbocycles. The molecular formula is C22H26Cl2N2O3. The number of hydrogen-bond acceptors (Lipinski definition) is 4. The number of carbonyl (C=O) groups excluding carboxylic acids is 1. The van der Waals surface area contributed by atoms with Gasteiger partial charge in [0.05, 0.1) is 13.2 Å². The minimum Gasteiger partial charge on any atom is -0.490 e. The maximum atomic E-state index is 13.0. The van der Waals surface area contributed by atoms with Gasteiger partial charge in [0.15, 0.2) is 11.5 Å². The molecule has 0 aromatic heterocycles. The van der Waals surface area contributed by atoms with Crippen LogP contribution >= 0.6 is 23.2 Å². The Labute approximate surface area is 182 Å². The number of amides is 1. The van der Waals surface area contributed by atoms with Crippen LogP contribution in [-0.2, 0) is 6.54 Å². The first-order valence-electron chi connectivity index (χ1n) is 9.87. The normalized spacial score (nSPS) is 14.7. The number of piperazine rings is 1. The van der Waals surface area contributed by atoms with Crippen LogP contribution in [0.15, 0.2) is 36.4 Å². The SMILES string of the molecule is CCOc1ccc(C(=O)N2CCN(Cc3c(Cl)cccc3Cl)CC2)cc1OCC. The van der Waals surface area contributed by atoms with Crippen LogP contribution in [0.5, 0.6) is 11.5 Å². The van der Waals surface area contributed by atoms with E-state index >= 15 is 0 Å². The third kappa shape index (κ3) is 5.35. The van der Waals surface area contributed by atoms with Gasteiger partial charge in [0, 0.05) is 53.9 Å². The van der Waals surface area contributed by atoms with E-state index in [0.717, 1.165) is 18.7 Å². The molecule has 5 nitrogen and oxygen atoms in total. The molecule has 2 aromatic carbocycles. The summed E-state index contributed by atoms with van der Waals surface area (Å²) in [5.41, 5.74) is 1.54. The van der Waals surface area contributed by atoms with Crippen LogP contribution < -0.4 is 9.47 Å². The van der Waals surface area contributed by atoms with Gasteiger partial charge in [0.25, 0.3) is 5.91 Å². The quantitative estimate of drug-likeness (QED) is 0.627. The second-order valence-electron chi connectivity index (χ2n) is 6.80. The highest BCUT2D eigenvalue weighted by Crippen LogP contribution is 2.29. The maximum absolute atomic E-state index is 13.0. The molecule has 156 valence electrons. The van der Waals surface area contributed by atoms with E-state index in [4.69, 9.17) is 32.7 Å². The average molecular weight is 437 g/mol. The Bertz CT molecular complexity index is 832. The molecule has 0 atom stereocenters. The fourth-order valence-corrected chi connectivity index (χ4v) is 3.90. The predicted molar refractivity (Wildman–Crippen MR) is 116 cm³/mol. The topological polar surface area (TPSA) is 42.0 Å². The number of nitrogens with zero attached hydrogens (tertiary/aromatic N) is 2. The Balaban J connectivity index is 1.63. The molecule has 3 rings (SSSR count). The lowest BCUT2D eigenvalue weighted by molar-refractivity contribution is 0.0628. The zero-order chi connectivity index (χ0) is 20.8. The van der Waals surface area contributed by atoms with Crippen LogP contribution in [0.4, 0.5) is 0 Å². The van der Waals surface area contributed by atoms with Crippen LogP contribution in [0.1, 0.15) is 29.8 Å². The fraction of sp³-hybridized carbons (Fsp3) is 0.409. The molecule has 0 bridgehead atoms. The molecule has 0 aliphatic carbocycles. The smallest absolute Gasteiger partial charge is 0.254 e. The minimum absolute atomic E-state index is 0.00410. The summed E-state index contributed by atoms with van der Waals surface area (Å²) in [5.74, 6) is 1.27. The van der Waals surface area contributed by atoms with Crippen molar-refractivity contribution in [2.75, 3.05) is 39.4 Å². The third-order valence-electron chi connectivity index (χ3n) is 4.89. The largest absolute Gasteiger partial charge is 0.490 e. The molecule has 0 radical (unpaired) electrons. The summed E-state index contributed by atoms with van der Waals surface area (Å²) in [6.45, 7) is 8.41. The number of ether oxygens (including phenoxy) is 2. The Morgan fingerprint density at radius 3 is 2.17 bits per heavy atom. The highest BCUT2D eigenvalue weighted by atomic mass is 35.5. The van der Waals surface area contributed by atoms with E-state index in [2.05, 4.69) is 4.90 Å². The number of hydrogen-bond donors (Lipinski definition) is 0. The van der Waals surface area contributed by atoms with Crippen LogP contribution in [0.3, 0.4) is 0 Å². The van der Waals surface area contributed by atoms with Crippen molar-refractivity contribution in [1.29, 1.82) is 0 Å². The lowest BCUT2D eigenvalue weighted by Gasteiger charge is -2.35. The van der Waals surface area contributed by atoms with Gasteiger partial charge >= 0.3 is 0 Å². The molecule has 1 heterocycles. The third-order valence-corrected chi connectivity index (χ3v) is 5.60. The van der Waals surface area contributed by atoms with Gasteiger partial charge in [0.2, 0.25) is 0 Å². The van der Waals surface area contributed by atoms with Gasteiger partial charge in [-0.25, -0.2) is 0 Å². The second-order valence-corrected chi connectivity index (χ2v) is 7.61. The van der Waals surface area contributed by atoms with Crippen molar-refractivity contribution in [3.05, 3.63) is 57.6 Å². The molecule has 0 N–H and O–H groups in total. The zero-order valence-corrected chi connectivity index (χ0v) is 18.3. The Morgan fingerprint density at radius 1 is 0.931 bits per heavy atom. The molecule has 1 aliphatic heterocycles. The summed E-state index contributed by atoms with van der Waals surface area (Å²) in [7, 11) is 0. The molecule has 7 heteroatoms. The molecular weight excluding hydrogens is 411 g/mol. The number of halogens is 2. The first-order chi connectivity index (χ1) is 14.0. The molecule has 1 fully saturated rings. The molecule has 1 saturated heterocycles. The van der Waals surface area contributed by atoms with Crippen molar-refractivity contribution in [1.82, 2.24) is 9.80 Å². The summed E-state index contributed by atoms with van der Waals surface area (Å²) in [4.78, 5) is 17.1. The van der Waals surface area contributed by atoms with E-state index in [1.54, 1.807) is 18.2 Å². The van der Waals surface area contributed by atoms with Crippen molar-refractivity contribution in [2.45, 2.75) is 20.4 Å². The first-order valence-corrected chi connectivity index (χ1v) is 10.6. The van der Waals surface area contributed by atoms with E-state index in [1.165, 1.54) is 0 Å². The second kappa shape index (κ2) is 10.2. The summed E-state index contributed by atoms with van der Waals surface area (Å²) in [6, 6.07) is 10.9. The Hall–Kier alpha value is -1.95. The van der Waals surface area contributed by atoms with E-state index in [0.29, 0.717) is 60.0 Å². The van der Waals surface area contributed by atoms with Crippen LogP contribution in [0, 0.1) is 0 Å². The summed E-state index contributed by atoms with van der Waals surface area (Å²) >= 11 is 12.6. The molecule has 0 unspecified atom stereocenters. The zero-order valence-electron chi connectivity index (χ0n) is 16.8. The summed E-state index contributed by atoms with van der Waals surface area (Å²) in [6.07, 6.45) is 0. The molecule has 0 spiro atoms. The van der Waals surface area contributed by atoms with Gasteiger partial charge < -0.3 is 14.4 Å². The molecule has 2 aromatic rings. The van der Waals surface area contributed by atoms with E-state index < -0.39 is 0 Å². The highest BCUT2D eigenvalue weighted by molar-refractivity contribution is 6.35. The van der Waals surface area contributed by atoms with Crippen LogP contribution in [-0.4, -0.2) is 55.1 Å². The number of benzene rings is 2. The standard InChI is InChI=1S/C22H26Cl2N2O3/c1-3-28-20-9-8-16(14-21(20)29-4-2)22(27)26-12-10-25(11-13-26)15-17-18(23)6-5-7-19(17)24/h5-9,14H,3-4,10-13,15H2,1-2H3. The van der Waals surface area contributed by atoms with Gasteiger partial charge in [-0.3, -0.25) is 9.69 Å². The highest BCUT2D eigenvalue weighted by Gasteiger charge is 2.24. The van der Waals surface area contributed by atoms with Gasteiger partial charge in [-0.1, -0.05) is 29.3 Å². The number of rotatable bonds is 7. The van der Waals surface area contributed by atoms with E-state index in [9.17, 15) is 4.79 Å². The number of carbonyl (C=O) groups is 1. The summed E-state index contributed by atoms with van der Waals surface area (Å²) in [5, 5.41) is 1.35. The predicted octanol–water partition coefficient (Wildman–Crippen LogP) is 4.75. The van der Waals surface area contributed by atoms with Gasteiger partial charge in [0.1, 0.15) is 0 Å². The van der Waals surface area contributed by atoms with Crippen molar-refractivity contribution < 1.29 is 14.3 Å². The first kappa shape index (κ1) is 21.8. The Kier molecular flexibility index (Phi) is 7.64. The fourth-order valence-electron chi connectivity index (χ4n) is 3.38. The van der Waals surface area contributed by atoms with Crippen LogP contribution in [0.25, 0.3) is 0 Å². The lowest BCUT2D eigenvalue weighted by Crippen LogP contribution is -2.48. The van der Waals surface area contributed by atoms with Crippen molar-refractivity contribution >= 4 is 29.1 Å². The maximum Gasteiger partial charge on any atom is 0.254 e. The van der Waals surface area contributed by atoms with Crippen molar-refractivity contribution in [3.63, 3.8) is 0 Å². The molecule has 1 amide bonds. The van der Waals surface area contributed by atoms with Crippen molar-refractivity contribution in [3.8, 4) is 11.5 Å². The van der Waals surface area contributed by atoms with Gasteiger partial charge in [-0.15, -0.1) is 0 Å². The van der Waals surface area contributed by atoms with E-state index in [1.807, 2.05) is 36.9 Å². The van der Waals surface area contributed by atoms with Gasteiger partial charge in [-0.2, -0.15) is 0 Å². The van der Waals surface area contributed by atoms with Crippen LogP contribution in [0.2, 0.25) is 10.0 Å². The molecule has 29 heavy (non-hydrogen) atoms. The lowest BCUT2D eigenvalue weighted by atomic mass is 10.1. The monoisotopic (exact) mass is 436 g/mol.